The second-order valence-electron chi connectivity index (χ2n) is 6.57. The lowest BCUT2D eigenvalue weighted by atomic mass is 9.86. The Morgan fingerprint density at radius 1 is 1.27 bits per heavy atom. The van der Waals surface area contributed by atoms with Crippen LogP contribution in [0, 0.1) is 12.3 Å². The Morgan fingerprint density at radius 3 is 2.36 bits per heavy atom. The van der Waals surface area contributed by atoms with Gasteiger partial charge in [0, 0.05) is 12.6 Å². The average Bonchev–Trinajstić information content (AvgIpc) is 2.43. The molecule has 1 aromatic rings. The standard InChI is InChI=1S/C17H26N2O3/c1-12-8-6-7-9-13(12)16(22)18-10-15(21)19(5)14(11-20)17(2,3)4/h6-9,14,20H,10-11H2,1-5H3,(H,18,22). The van der Waals surface area contributed by atoms with Gasteiger partial charge < -0.3 is 15.3 Å². The van der Waals surface area contributed by atoms with E-state index in [4.69, 9.17) is 0 Å². The third-order valence-corrected chi connectivity index (χ3v) is 3.82. The van der Waals surface area contributed by atoms with Crippen LogP contribution in [-0.2, 0) is 4.79 Å². The van der Waals surface area contributed by atoms with Gasteiger partial charge in [-0.25, -0.2) is 0 Å². The quantitative estimate of drug-likeness (QED) is 0.868. The summed E-state index contributed by atoms with van der Waals surface area (Å²) in [6, 6.07) is 6.93. The summed E-state index contributed by atoms with van der Waals surface area (Å²) in [5.74, 6) is -0.493. The molecule has 22 heavy (non-hydrogen) atoms. The SMILES string of the molecule is Cc1ccccc1C(=O)NCC(=O)N(C)C(CO)C(C)(C)C. The molecular formula is C17H26N2O3. The molecular weight excluding hydrogens is 280 g/mol. The second kappa shape index (κ2) is 7.40. The van der Waals surface area contributed by atoms with Crippen molar-refractivity contribution in [1.82, 2.24) is 10.2 Å². The van der Waals surface area contributed by atoms with Crippen LogP contribution in [0.1, 0.15) is 36.7 Å². The van der Waals surface area contributed by atoms with Crippen LogP contribution in [0.2, 0.25) is 0 Å². The van der Waals surface area contributed by atoms with Gasteiger partial charge in [-0.05, 0) is 24.0 Å². The topological polar surface area (TPSA) is 69.6 Å². The smallest absolute Gasteiger partial charge is 0.251 e. The number of nitrogens with one attached hydrogen (secondary N) is 1. The van der Waals surface area contributed by atoms with Crippen LogP contribution in [0.3, 0.4) is 0 Å². The molecule has 5 heteroatoms. The molecule has 0 aliphatic heterocycles. The van der Waals surface area contributed by atoms with Crippen LogP contribution in [-0.4, -0.2) is 48.1 Å². The zero-order valence-electron chi connectivity index (χ0n) is 14.0. The van der Waals surface area contributed by atoms with Crippen LogP contribution in [0.5, 0.6) is 0 Å². The molecule has 5 nitrogen and oxygen atoms in total. The first kappa shape index (κ1) is 18.2. The van der Waals surface area contributed by atoms with Crippen LogP contribution in [0.15, 0.2) is 24.3 Å². The van der Waals surface area contributed by atoms with Gasteiger partial charge in [0.05, 0.1) is 19.2 Å². The van der Waals surface area contributed by atoms with Crippen molar-refractivity contribution < 1.29 is 14.7 Å². The first-order valence-electron chi connectivity index (χ1n) is 7.38. The average molecular weight is 306 g/mol. The van der Waals surface area contributed by atoms with Gasteiger partial charge in [0.15, 0.2) is 0 Å². The molecule has 1 atom stereocenters. The maximum Gasteiger partial charge on any atom is 0.251 e. The van der Waals surface area contributed by atoms with E-state index in [1.807, 2.05) is 39.8 Å². The van der Waals surface area contributed by atoms with Crippen LogP contribution in [0.25, 0.3) is 0 Å². The summed E-state index contributed by atoms with van der Waals surface area (Å²) in [5, 5.41) is 12.1. The Hall–Kier alpha value is -1.88. The highest BCUT2D eigenvalue weighted by molar-refractivity contribution is 5.97. The molecule has 0 aromatic heterocycles. The summed E-state index contributed by atoms with van der Waals surface area (Å²) < 4.78 is 0. The van der Waals surface area contributed by atoms with Crippen LogP contribution >= 0.6 is 0 Å². The summed E-state index contributed by atoms with van der Waals surface area (Å²) in [4.78, 5) is 25.8. The lowest BCUT2D eigenvalue weighted by Crippen LogP contribution is -2.50. The van der Waals surface area contributed by atoms with E-state index >= 15 is 0 Å². The monoisotopic (exact) mass is 306 g/mol. The molecule has 0 saturated heterocycles. The number of nitrogens with zero attached hydrogens (tertiary/aromatic N) is 1. The molecule has 1 rings (SSSR count). The highest BCUT2D eigenvalue weighted by atomic mass is 16.3. The Balaban J connectivity index is 2.66. The molecule has 0 bridgehead atoms. The Labute approximate surface area is 132 Å². The lowest BCUT2D eigenvalue weighted by Gasteiger charge is -2.36. The predicted molar refractivity (Wildman–Crippen MR) is 86.6 cm³/mol. The van der Waals surface area contributed by atoms with E-state index in [-0.39, 0.29) is 36.4 Å². The molecule has 0 heterocycles. The number of carbonyl (C=O) groups excluding carboxylic acids is 2. The van der Waals surface area contributed by atoms with E-state index in [9.17, 15) is 14.7 Å². The van der Waals surface area contributed by atoms with E-state index in [0.717, 1.165) is 5.56 Å². The van der Waals surface area contributed by atoms with Gasteiger partial charge >= 0.3 is 0 Å². The van der Waals surface area contributed by atoms with Crippen molar-refractivity contribution >= 4 is 11.8 Å². The number of aliphatic hydroxyl groups is 1. The predicted octanol–water partition coefficient (Wildman–Crippen LogP) is 1.59. The Morgan fingerprint density at radius 2 is 1.86 bits per heavy atom. The van der Waals surface area contributed by atoms with Gasteiger partial charge in [-0.1, -0.05) is 39.0 Å². The van der Waals surface area contributed by atoms with E-state index in [0.29, 0.717) is 5.56 Å². The van der Waals surface area contributed by atoms with Crippen molar-refractivity contribution in [1.29, 1.82) is 0 Å². The summed E-state index contributed by atoms with van der Waals surface area (Å²) in [7, 11) is 1.65. The normalized spacial score (nSPS) is 12.6. The third-order valence-electron chi connectivity index (χ3n) is 3.82. The first-order valence-corrected chi connectivity index (χ1v) is 7.38. The summed E-state index contributed by atoms with van der Waals surface area (Å²) >= 11 is 0. The zero-order valence-corrected chi connectivity index (χ0v) is 14.0. The number of benzene rings is 1. The van der Waals surface area contributed by atoms with Crippen LogP contribution < -0.4 is 5.32 Å². The molecule has 0 saturated carbocycles. The number of amides is 2. The second-order valence-corrected chi connectivity index (χ2v) is 6.57. The number of aryl methyl sites for hydroxylation is 1. The molecule has 0 spiro atoms. The number of carbonyl (C=O) groups is 2. The van der Waals surface area contributed by atoms with Crippen molar-refractivity contribution in [3.63, 3.8) is 0 Å². The van der Waals surface area contributed by atoms with Gasteiger partial charge in [-0.15, -0.1) is 0 Å². The maximum absolute atomic E-state index is 12.2. The fourth-order valence-electron chi connectivity index (χ4n) is 2.35. The third kappa shape index (κ3) is 4.56. The number of rotatable bonds is 5. The molecule has 1 aromatic carbocycles. The molecule has 0 fully saturated rings. The highest BCUT2D eigenvalue weighted by Gasteiger charge is 2.30. The highest BCUT2D eigenvalue weighted by Crippen LogP contribution is 2.23. The van der Waals surface area contributed by atoms with Gasteiger partial charge in [0.1, 0.15) is 0 Å². The molecule has 2 N–H and O–H groups in total. The van der Waals surface area contributed by atoms with Crippen LogP contribution in [0.4, 0.5) is 0 Å². The Bertz CT molecular complexity index is 535. The van der Waals surface area contributed by atoms with Crippen molar-refractivity contribution in [3.8, 4) is 0 Å². The number of aliphatic hydroxyl groups excluding tert-OH is 1. The fraction of sp³-hybridized carbons (Fsp3) is 0.529. The van der Waals surface area contributed by atoms with Gasteiger partial charge in [-0.2, -0.15) is 0 Å². The maximum atomic E-state index is 12.2. The molecule has 0 aliphatic carbocycles. The molecule has 0 radical (unpaired) electrons. The van der Waals surface area contributed by atoms with Crippen molar-refractivity contribution in [2.75, 3.05) is 20.2 Å². The molecule has 2 amide bonds. The lowest BCUT2D eigenvalue weighted by molar-refractivity contribution is -0.134. The zero-order chi connectivity index (χ0) is 16.9. The minimum atomic E-state index is -0.296. The number of likely N-dealkylation sites (N-methyl/N-ethyl adjacent to an activating group) is 1. The molecule has 1 unspecified atom stereocenters. The van der Waals surface area contributed by atoms with Crippen molar-refractivity contribution in [3.05, 3.63) is 35.4 Å². The number of hydrogen-bond acceptors (Lipinski definition) is 3. The largest absolute Gasteiger partial charge is 0.394 e. The van der Waals surface area contributed by atoms with Gasteiger partial charge in [-0.3, -0.25) is 9.59 Å². The minimum absolute atomic E-state index is 0.0871. The van der Waals surface area contributed by atoms with E-state index < -0.39 is 0 Å². The fourth-order valence-corrected chi connectivity index (χ4v) is 2.35. The number of hydrogen-bond donors (Lipinski definition) is 2. The van der Waals surface area contributed by atoms with Gasteiger partial charge in [0.2, 0.25) is 5.91 Å². The molecule has 122 valence electrons. The van der Waals surface area contributed by atoms with E-state index in [2.05, 4.69) is 5.32 Å². The minimum Gasteiger partial charge on any atom is -0.394 e. The van der Waals surface area contributed by atoms with Gasteiger partial charge in [0.25, 0.3) is 5.91 Å². The van der Waals surface area contributed by atoms with E-state index in [1.54, 1.807) is 19.2 Å². The summed E-state index contributed by atoms with van der Waals surface area (Å²) in [6.45, 7) is 7.54. The first-order chi connectivity index (χ1) is 10.2. The van der Waals surface area contributed by atoms with Crippen molar-refractivity contribution in [2.24, 2.45) is 5.41 Å². The molecule has 0 aliphatic rings. The van der Waals surface area contributed by atoms with E-state index in [1.165, 1.54) is 4.90 Å². The van der Waals surface area contributed by atoms with Crippen molar-refractivity contribution in [2.45, 2.75) is 33.7 Å². The summed E-state index contributed by atoms with van der Waals surface area (Å²) in [6.07, 6.45) is 0. The Kier molecular flexibility index (Phi) is 6.11. The summed E-state index contributed by atoms with van der Waals surface area (Å²) in [5.41, 5.74) is 1.19.